The van der Waals surface area contributed by atoms with Crippen LogP contribution in [0, 0.1) is 0 Å². The number of halogens is 2. The van der Waals surface area contributed by atoms with Gasteiger partial charge in [-0.3, -0.25) is 9.59 Å². The molecule has 4 rings (SSSR count). The van der Waals surface area contributed by atoms with Gasteiger partial charge in [-0.2, -0.15) is 10.2 Å². The molecule has 0 saturated carbocycles. The molecule has 0 atom stereocenters. The second kappa shape index (κ2) is 20.1. The molecular weight excluding hydrogens is 744 g/mol. The number of phenols is 2. The minimum Gasteiger partial charge on any atom is -0.507 e. The maximum absolute atomic E-state index is 12.0. The van der Waals surface area contributed by atoms with Crippen LogP contribution in [0.3, 0.4) is 0 Å². The van der Waals surface area contributed by atoms with Crippen molar-refractivity contribution >= 4 is 56.1 Å². The highest BCUT2D eigenvalue weighted by Crippen LogP contribution is 2.21. The van der Waals surface area contributed by atoms with Crippen molar-refractivity contribution in [3.05, 3.63) is 127 Å². The number of aromatic hydroxyl groups is 2. The summed E-state index contributed by atoms with van der Waals surface area (Å²) in [5, 5.41) is 27.1. The third-order valence-corrected chi connectivity index (χ3v) is 7.34. The summed E-state index contributed by atoms with van der Waals surface area (Å²) in [5.74, 6) is -0.461. The minimum atomic E-state index is -0.322. The number of carbonyl (C=O) groups is 2. The third kappa shape index (κ3) is 13.4. The molecule has 4 N–H and O–H groups in total. The first-order valence-electron chi connectivity index (χ1n) is 15.1. The number of amides is 2. The number of carbonyl (C=O) groups excluding carboxylic acids is 2. The van der Waals surface area contributed by atoms with Gasteiger partial charge in [0.05, 0.1) is 31.7 Å². The predicted octanol–water partition coefficient (Wildman–Crippen LogP) is 7.69. The first kappa shape index (κ1) is 38.1. The summed E-state index contributed by atoms with van der Waals surface area (Å²) < 4.78 is 12.6. The van der Waals surface area contributed by atoms with Crippen molar-refractivity contribution in [1.82, 2.24) is 10.9 Å². The van der Waals surface area contributed by atoms with Crippen LogP contribution in [0.15, 0.2) is 104 Å². The molecule has 0 spiro atoms. The van der Waals surface area contributed by atoms with E-state index in [0.717, 1.165) is 33.1 Å². The van der Waals surface area contributed by atoms with Crippen LogP contribution in [0.1, 0.15) is 70.2 Å². The lowest BCUT2D eigenvalue weighted by Gasteiger charge is -2.07. The Hall–Kier alpha value is -4.36. The second-order valence-electron chi connectivity index (χ2n) is 10.6. The predicted molar refractivity (Wildman–Crippen MR) is 194 cm³/mol. The van der Waals surface area contributed by atoms with Crippen LogP contribution in [0.2, 0.25) is 0 Å². The Morgan fingerprint density at radius 1 is 0.729 bits per heavy atom. The lowest BCUT2D eigenvalue weighted by molar-refractivity contribution is 0.0656. The molecule has 0 aliphatic carbocycles. The molecule has 12 heteroatoms. The van der Waals surface area contributed by atoms with E-state index in [-0.39, 0.29) is 29.4 Å². The number of phenolic OH excluding ortho intramolecular Hbond substituents is 2. The Bertz CT molecular complexity index is 1690. The third-order valence-electron chi connectivity index (χ3n) is 6.35. The quantitative estimate of drug-likeness (QED) is 0.0623. The van der Waals surface area contributed by atoms with Gasteiger partial charge < -0.3 is 19.7 Å². The number of ether oxygens (including phenoxy) is 2. The van der Waals surface area contributed by atoms with Crippen LogP contribution in [0.25, 0.3) is 0 Å². The van der Waals surface area contributed by atoms with Gasteiger partial charge >= 0.3 is 0 Å². The standard InChI is InChI=1S/2C18H19BrN2O3/c1-12(2)24-11-13-3-5-14(6-4-13)18(23)21-20-10-15-9-16(19)7-8-17(15)22;1-2-9-24-12-13-3-5-14(6-4-13)18(23)21-20-11-15-10-16(19)7-8-17(15)22/h3-10,12,22H,11H2,1-2H3,(H,21,23);3-8,10-11,22H,2,9,12H2,1H3,(H,21,23)/b20-10+;20-11+. The highest BCUT2D eigenvalue weighted by molar-refractivity contribution is 9.10. The number of benzene rings is 4. The highest BCUT2D eigenvalue weighted by atomic mass is 79.9. The van der Waals surface area contributed by atoms with Crippen LogP contribution in [0.5, 0.6) is 11.5 Å². The number of hydrogen-bond donors (Lipinski definition) is 4. The van der Waals surface area contributed by atoms with E-state index in [9.17, 15) is 19.8 Å². The minimum absolute atomic E-state index is 0.0886. The molecule has 0 fully saturated rings. The average molecular weight is 783 g/mol. The van der Waals surface area contributed by atoms with Crippen LogP contribution < -0.4 is 10.9 Å². The van der Waals surface area contributed by atoms with Gasteiger partial charge in [-0.05, 0) is 92.1 Å². The van der Waals surface area contributed by atoms with Crippen molar-refractivity contribution in [2.24, 2.45) is 10.2 Å². The zero-order valence-corrected chi connectivity index (χ0v) is 30.0. The van der Waals surface area contributed by atoms with E-state index in [1.807, 2.05) is 38.1 Å². The van der Waals surface area contributed by atoms with Gasteiger partial charge in [0.2, 0.25) is 0 Å². The molecule has 4 aromatic carbocycles. The van der Waals surface area contributed by atoms with E-state index in [1.165, 1.54) is 12.4 Å². The highest BCUT2D eigenvalue weighted by Gasteiger charge is 2.07. The number of nitrogens with one attached hydrogen (secondary N) is 2. The van der Waals surface area contributed by atoms with Crippen molar-refractivity contribution in [2.45, 2.75) is 46.5 Å². The monoisotopic (exact) mass is 780 g/mol. The smallest absolute Gasteiger partial charge is 0.271 e. The van der Waals surface area contributed by atoms with Gasteiger partial charge in [0.25, 0.3) is 11.8 Å². The van der Waals surface area contributed by atoms with Gasteiger partial charge in [0.15, 0.2) is 0 Å². The Morgan fingerprint density at radius 2 is 1.17 bits per heavy atom. The van der Waals surface area contributed by atoms with Crippen molar-refractivity contribution in [3.63, 3.8) is 0 Å². The summed E-state index contributed by atoms with van der Waals surface area (Å²) in [6, 6.07) is 24.2. The van der Waals surface area contributed by atoms with Gasteiger partial charge in [0, 0.05) is 37.8 Å². The van der Waals surface area contributed by atoms with E-state index >= 15 is 0 Å². The normalized spacial score (nSPS) is 11.0. The Labute approximate surface area is 297 Å². The molecule has 0 aliphatic heterocycles. The molecule has 252 valence electrons. The van der Waals surface area contributed by atoms with E-state index in [2.05, 4.69) is 59.8 Å². The van der Waals surface area contributed by atoms with Gasteiger partial charge in [-0.15, -0.1) is 0 Å². The SMILES string of the molecule is CC(C)OCc1ccc(C(=O)N/N=C/c2cc(Br)ccc2O)cc1.CCCOCc1ccc(C(=O)N/N=C/c2cc(Br)ccc2O)cc1. The second-order valence-corrected chi connectivity index (χ2v) is 12.4. The van der Waals surface area contributed by atoms with Crippen molar-refractivity contribution in [3.8, 4) is 11.5 Å². The molecule has 0 bridgehead atoms. The summed E-state index contributed by atoms with van der Waals surface area (Å²) >= 11 is 6.62. The van der Waals surface area contributed by atoms with Crippen molar-refractivity contribution in [2.75, 3.05) is 6.61 Å². The lowest BCUT2D eigenvalue weighted by atomic mass is 10.1. The maximum atomic E-state index is 12.0. The fraction of sp³-hybridized carbons (Fsp3) is 0.222. The zero-order valence-electron chi connectivity index (χ0n) is 26.8. The fourth-order valence-electron chi connectivity index (χ4n) is 3.81. The maximum Gasteiger partial charge on any atom is 0.271 e. The summed E-state index contributed by atoms with van der Waals surface area (Å²) in [6.45, 7) is 7.78. The van der Waals surface area contributed by atoms with E-state index in [0.29, 0.717) is 35.5 Å². The molecule has 10 nitrogen and oxygen atoms in total. The van der Waals surface area contributed by atoms with Crippen LogP contribution in [0.4, 0.5) is 0 Å². The van der Waals surface area contributed by atoms with E-state index in [4.69, 9.17) is 9.47 Å². The summed E-state index contributed by atoms with van der Waals surface area (Å²) in [4.78, 5) is 24.1. The van der Waals surface area contributed by atoms with Crippen molar-refractivity contribution < 1.29 is 29.3 Å². The Balaban J connectivity index is 0.000000260. The molecule has 0 unspecified atom stereocenters. The molecule has 0 radical (unpaired) electrons. The number of hydrazone groups is 2. The molecule has 0 aromatic heterocycles. The van der Waals surface area contributed by atoms with Crippen LogP contribution in [-0.4, -0.2) is 47.2 Å². The molecule has 0 aliphatic rings. The topological polar surface area (TPSA) is 142 Å². The molecule has 4 aromatic rings. The van der Waals surface area contributed by atoms with Crippen LogP contribution in [-0.2, 0) is 22.7 Å². The van der Waals surface area contributed by atoms with Crippen molar-refractivity contribution in [1.29, 1.82) is 0 Å². The summed E-state index contributed by atoms with van der Waals surface area (Å²) in [7, 11) is 0. The van der Waals surface area contributed by atoms with Gasteiger partial charge in [0.1, 0.15) is 11.5 Å². The molecule has 0 heterocycles. The summed E-state index contributed by atoms with van der Waals surface area (Å²) in [6.07, 6.45) is 3.93. The molecule has 48 heavy (non-hydrogen) atoms. The number of nitrogens with zero attached hydrogens (tertiary/aromatic N) is 2. The summed E-state index contributed by atoms with van der Waals surface area (Å²) in [5.41, 5.74) is 8.91. The first-order valence-corrected chi connectivity index (χ1v) is 16.6. The average Bonchev–Trinajstić information content (AvgIpc) is 3.07. The van der Waals surface area contributed by atoms with Gasteiger partial charge in [-0.25, -0.2) is 10.9 Å². The largest absolute Gasteiger partial charge is 0.507 e. The van der Waals surface area contributed by atoms with E-state index in [1.54, 1.807) is 60.7 Å². The van der Waals surface area contributed by atoms with Crippen LogP contribution >= 0.6 is 31.9 Å². The Kier molecular flexibility index (Phi) is 16.0. The first-order chi connectivity index (χ1) is 23.0. The molecular formula is C36H38Br2N4O6. The number of hydrogen-bond acceptors (Lipinski definition) is 8. The lowest BCUT2D eigenvalue weighted by Crippen LogP contribution is -2.17. The van der Waals surface area contributed by atoms with Gasteiger partial charge in [-0.1, -0.05) is 63.0 Å². The molecule has 0 saturated heterocycles. The zero-order chi connectivity index (χ0) is 34.9. The molecule has 2 amide bonds. The van der Waals surface area contributed by atoms with E-state index < -0.39 is 0 Å². The number of rotatable bonds is 13. The fourth-order valence-corrected chi connectivity index (χ4v) is 4.57. The Morgan fingerprint density at radius 3 is 1.58 bits per heavy atom.